The molecule has 2 aromatic rings. The largest absolute Gasteiger partial charge is 0.504 e. The molecule has 0 fully saturated rings. The van der Waals surface area contributed by atoms with Gasteiger partial charge in [-0.1, -0.05) is 18.2 Å². The lowest BCUT2D eigenvalue weighted by atomic mass is 10.1. The topological polar surface area (TPSA) is 124 Å². The van der Waals surface area contributed by atoms with E-state index in [1.807, 2.05) is 6.07 Å². The van der Waals surface area contributed by atoms with Gasteiger partial charge in [-0.05, 0) is 29.8 Å². The van der Waals surface area contributed by atoms with Gasteiger partial charge in [0.15, 0.2) is 11.5 Å². The number of hydrogen-bond acceptors (Lipinski definition) is 6. The van der Waals surface area contributed by atoms with E-state index in [0.29, 0.717) is 11.3 Å². The molecule has 0 unspecified atom stereocenters. The molecule has 26 heavy (non-hydrogen) atoms. The maximum atomic E-state index is 11.8. The van der Waals surface area contributed by atoms with Crippen molar-refractivity contribution in [3.8, 4) is 17.6 Å². The molecule has 3 N–H and O–H groups in total. The van der Waals surface area contributed by atoms with Crippen LogP contribution in [0.5, 0.6) is 11.5 Å². The molecule has 0 aliphatic heterocycles. The van der Waals surface area contributed by atoms with E-state index in [-0.39, 0.29) is 17.9 Å². The zero-order chi connectivity index (χ0) is 18.9. The maximum absolute atomic E-state index is 11.8. The van der Waals surface area contributed by atoms with Crippen molar-refractivity contribution >= 4 is 23.7 Å². The van der Waals surface area contributed by atoms with Gasteiger partial charge in [-0.2, -0.15) is 10.4 Å². The average molecular weight is 352 g/mol. The second-order valence-electron chi connectivity index (χ2n) is 5.08. The average Bonchev–Trinajstić information content (AvgIpc) is 2.64. The summed E-state index contributed by atoms with van der Waals surface area (Å²) in [4.78, 5) is 23.6. The normalized spacial score (nSPS) is 10.2. The number of ether oxygens (including phenoxy) is 1. The van der Waals surface area contributed by atoms with Crippen molar-refractivity contribution in [1.82, 2.24) is 5.43 Å². The first kappa shape index (κ1) is 18.5. The number of anilines is 1. The minimum Gasteiger partial charge on any atom is -0.504 e. The number of phenolic OH excluding ortho intramolecular Hbond substituents is 1. The van der Waals surface area contributed by atoms with Gasteiger partial charge in [-0.25, -0.2) is 5.43 Å². The summed E-state index contributed by atoms with van der Waals surface area (Å²) in [5.74, 6) is -1.73. The Morgan fingerprint density at radius 1 is 1.23 bits per heavy atom. The number of nitriles is 1. The van der Waals surface area contributed by atoms with Crippen LogP contribution < -0.4 is 15.5 Å². The summed E-state index contributed by atoms with van der Waals surface area (Å²) < 4.78 is 4.96. The summed E-state index contributed by atoms with van der Waals surface area (Å²) >= 11 is 0. The van der Waals surface area contributed by atoms with Gasteiger partial charge in [0.2, 0.25) is 0 Å². The molecule has 0 heterocycles. The predicted octanol–water partition coefficient (Wildman–Crippen LogP) is 1.56. The molecule has 8 nitrogen and oxygen atoms in total. The van der Waals surface area contributed by atoms with E-state index in [1.165, 1.54) is 13.3 Å². The standard InChI is InChI=1S/C18H16N4O4/c1-26-15-4-2-3-13(16(15)23)11-20-22-18(25)17(24)21-14-7-5-12(6-8-14)9-10-19/h2-8,11,23H,9H2,1H3,(H,21,24)(H,22,25)/b20-11+. The van der Waals surface area contributed by atoms with Crippen LogP contribution in [0.3, 0.4) is 0 Å². The molecular formula is C18H16N4O4. The number of para-hydroxylation sites is 1. The van der Waals surface area contributed by atoms with E-state index >= 15 is 0 Å². The van der Waals surface area contributed by atoms with Gasteiger partial charge in [-0.3, -0.25) is 9.59 Å². The molecule has 0 spiro atoms. The zero-order valence-electron chi connectivity index (χ0n) is 13.9. The highest BCUT2D eigenvalue weighted by molar-refractivity contribution is 6.39. The SMILES string of the molecule is COc1cccc(/C=N/NC(=O)C(=O)Nc2ccc(CC#N)cc2)c1O. The lowest BCUT2D eigenvalue weighted by Gasteiger charge is -2.05. The number of rotatable bonds is 5. The molecule has 0 saturated carbocycles. The smallest absolute Gasteiger partial charge is 0.329 e. The highest BCUT2D eigenvalue weighted by atomic mass is 16.5. The van der Waals surface area contributed by atoms with Crippen LogP contribution in [0.25, 0.3) is 0 Å². The number of carbonyl (C=O) groups excluding carboxylic acids is 2. The Hall–Kier alpha value is -3.86. The number of phenols is 1. The van der Waals surface area contributed by atoms with Crippen LogP contribution in [-0.4, -0.2) is 30.2 Å². The summed E-state index contributed by atoms with van der Waals surface area (Å²) in [7, 11) is 1.41. The summed E-state index contributed by atoms with van der Waals surface area (Å²) in [5, 5.41) is 24.6. The molecule has 132 valence electrons. The molecule has 2 aromatic carbocycles. The van der Waals surface area contributed by atoms with Crippen molar-refractivity contribution in [3.05, 3.63) is 53.6 Å². The van der Waals surface area contributed by atoms with Crippen LogP contribution >= 0.6 is 0 Å². The van der Waals surface area contributed by atoms with E-state index in [9.17, 15) is 14.7 Å². The van der Waals surface area contributed by atoms with Gasteiger partial charge in [0.25, 0.3) is 0 Å². The quantitative estimate of drug-likeness (QED) is 0.428. The fourth-order valence-corrected chi connectivity index (χ4v) is 2.00. The number of benzene rings is 2. The molecule has 0 bridgehead atoms. The first-order valence-electron chi connectivity index (χ1n) is 7.51. The third-order valence-electron chi connectivity index (χ3n) is 3.32. The molecule has 2 rings (SSSR count). The van der Waals surface area contributed by atoms with Crippen LogP contribution in [-0.2, 0) is 16.0 Å². The first-order valence-corrected chi connectivity index (χ1v) is 7.51. The molecule has 0 saturated heterocycles. The van der Waals surface area contributed by atoms with Gasteiger partial charge < -0.3 is 15.2 Å². The fourth-order valence-electron chi connectivity index (χ4n) is 2.00. The molecule has 0 atom stereocenters. The van der Waals surface area contributed by atoms with E-state index in [0.717, 1.165) is 5.56 Å². The molecule has 0 aliphatic carbocycles. The van der Waals surface area contributed by atoms with Crippen molar-refractivity contribution < 1.29 is 19.4 Å². The number of hydrazone groups is 1. The number of nitrogens with zero attached hydrogens (tertiary/aromatic N) is 2. The highest BCUT2D eigenvalue weighted by Crippen LogP contribution is 2.27. The minimum atomic E-state index is -0.968. The Morgan fingerprint density at radius 2 is 1.96 bits per heavy atom. The lowest BCUT2D eigenvalue weighted by molar-refractivity contribution is -0.136. The van der Waals surface area contributed by atoms with Crippen LogP contribution in [0.15, 0.2) is 47.6 Å². The monoisotopic (exact) mass is 352 g/mol. The van der Waals surface area contributed by atoms with E-state index < -0.39 is 11.8 Å². The number of amides is 2. The zero-order valence-corrected chi connectivity index (χ0v) is 13.9. The van der Waals surface area contributed by atoms with Crippen LogP contribution in [0.2, 0.25) is 0 Å². The van der Waals surface area contributed by atoms with E-state index in [4.69, 9.17) is 10.00 Å². The molecule has 0 aliphatic rings. The van der Waals surface area contributed by atoms with Crippen LogP contribution in [0.1, 0.15) is 11.1 Å². The fraction of sp³-hybridized carbons (Fsp3) is 0.111. The van der Waals surface area contributed by atoms with Gasteiger partial charge in [0, 0.05) is 11.3 Å². The van der Waals surface area contributed by atoms with Crippen LogP contribution in [0.4, 0.5) is 5.69 Å². The first-order chi connectivity index (χ1) is 12.5. The number of hydrogen-bond donors (Lipinski definition) is 3. The Kier molecular flexibility index (Phi) is 6.28. The number of carbonyl (C=O) groups is 2. The van der Waals surface area contributed by atoms with Crippen LogP contribution in [0, 0.1) is 11.3 Å². The summed E-state index contributed by atoms with van der Waals surface area (Å²) in [6, 6.07) is 13.3. The van der Waals surface area contributed by atoms with Gasteiger partial charge in [-0.15, -0.1) is 0 Å². The summed E-state index contributed by atoms with van der Waals surface area (Å²) in [5.41, 5.74) is 3.61. The van der Waals surface area contributed by atoms with Gasteiger partial charge in [0.1, 0.15) is 0 Å². The van der Waals surface area contributed by atoms with Gasteiger partial charge >= 0.3 is 11.8 Å². The number of aromatic hydroxyl groups is 1. The number of nitrogens with one attached hydrogen (secondary N) is 2. The van der Waals surface area contributed by atoms with Crippen molar-refractivity contribution in [1.29, 1.82) is 5.26 Å². The summed E-state index contributed by atoms with van der Waals surface area (Å²) in [6.07, 6.45) is 1.46. The second-order valence-corrected chi connectivity index (χ2v) is 5.08. The number of methoxy groups -OCH3 is 1. The third kappa shape index (κ3) is 4.82. The minimum absolute atomic E-state index is 0.130. The summed E-state index contributed by atoms with van der Waals surface area (Å²) in [6.45, 7) is 0. The second kappa shape index (κ2) is 8.84. The molecule has 8 heteroatoms. The highest BCUT2D eigenvalue weighted by Gasteiger charge is 2.13. The Morgan fingerprint density at radius 3 is 2.62 bits per heavy atom. The molecule has 0 radical (unpaired) electrons. The Labute approximate surface area is 149 Å². The Bertz CT molecular complexity index is 870. The maximum Gasteiger partial charge on any atom is 0.329 e. The molecule has 2 amide bonds. The third-order valence-corrected chi connectivity index (χ3v) is 3.32. The van der Waals surface area contributed by atoms with Crippen molar-refractivity contribution in [2.24, 2.45) is 5.10 Å². The molecular weight excluding hydrogens is 336 g/mol. The lowest BCUT2D eigenvalue weighted by Crippen LogP contribution is -2.32. The van der Waals surface area contributed by atoms with Crippen molar-refractivity contribution in [3.63, 3.8) is 0 Å². The van der Waals surface area contributed by atoms with E-state index in [1.54, 1.807) is 42.5 Å². The van der Waals surface area contributed by atoms with Crippen molar-refractivity contribution in [2.45, 2.75) is 6.42 Å². The predicted molar refractivity (Wildman–Crippen MR) is 94.8 cm³/mol. The van der Waals surface area contributed by atoms with E-state index in [2.05, 4.69) is 15.8 Å². The van der Waals surface area contributed by atoms with Gasteiger partial charge in [0.05, 0.1) is 25.8 Å². The molecule has 0 aromatic heterocycles. The van der Waals surface area contributed by atoms with Crippen molar-refractivity contribution in [2.75, 3.05) is 12.4 Å². The Balaban J connectivity index is 1.93.